The van der Waals surface area contributed by atoms with E-state index < -0.39 is 15.4 Å². The molecule has 3 nitrogen and oxygen atoms in total. The largest absolute Gasteiger partial charge is 0.269 e. The van der Waals surface area contributed by atoms with Gasteiger partial charge in [0, 0.05) is 24.1 Å². The molecule has 0 amide bonds. The first kappa shape index (κ1) is 18.5. The van der Waals surface area contributed by atoms with Gasteiger partial charge in [0.2, 0.25) is 0 Å². The van der Waals surface area contributed by atoms with Crippen LogP contribution in [0.2, 0.25) is 0 Å². The van der Waals surface area contributed by atoms with E-state index in [1.807, 2.05) is 55.5 Å². The Labute approximate surface area is 167 Å². The summed E-state index contributed by atoms with van der Waals surface area (Å²) in [6, 6.07) is 27.2. The van der Waals surface area contributed by atoms with Crippen molar-refractivity contribution in [3.8, 4) is 0 Å². The van der Waals surface area contributed by atoms with Crippen molar-refractivity contribution in [1.29, 1.82) is 0 Å². The number of rotatable bonds is 4. The summed E-state index contributed by atoms with van der Waals surface area (Å²) in [6.45, 7) is 6.43. The quantitative estimate of drug-likeness (QED) is 0.637. The van der Waals surface area contributed by atoms with E-state index in [1.54, 1.807) is 12.1 Å². The molecule has 4 rings (SSSR count). The lowest BCUT2D eigenvalue weighted by molar-refractivity contribution is 0.470. The van der Waals surface area contributed by atoms with Gasteiger partial charge in [0.05, 0.1) is 4.90 Å². The average Bonchev–Trinajstić information content (AvgIpc) is 3.09. The van der Waals surface area contributed by atoms with Crippen LogP contribution in [0.3, 0.4) is 0 Å². The lowest BCUT2D eigenvalue weighted by Gasteiger charge is -2.30. The summed E-state index contributed by atoms with van der Waals surface area (Å²) in [7, 11) is -3.66. The SMILES string of the molecule is C=C1CC(c2ccccc2)(c2ccccc2)CN1S(=O)(=O)c1ccc(C)cc1. The Morgan fingerprint density at radius 1 is 0.821 bits per heavy atom. The van der Waals surface area contributed by atoms with Gasteiger partial charge < -0.3 is 0 Å². The third-order valence-electron chi connectivity index (χ3n) is 5.53. The molecule has 3 aromatic rings. The molecule has 0 spiro atoms. The van der Waals surface area contributed by atoms with Crippen LogP contribution < -0.4 is 0 Å². The van der Waals surface area contributed by atoms with Crippen molar-refractivity contribution in [1.82, 2.24) is 4.31 Å². The summed E-state index contributed by atoms with van der Waals surface area (Å²) in [5.41, 5.74) is 3.40. The summed E-state index contributed by atoms with van der Waals surface area (Å²) in [5, 5.41) is 0. The van der Waals surface area contributed by atoms with Gasteiger partial charge in [-0.2, -0.15) is 0 Å². The molecule has 28 heavy (non-hydrogen) atoms. The van der Waals surface area contributed by atoms with Crippen LogP contribution in [0.25, 0.3) is 0 Å². The van der Waals surface area contributed by atoms with Crippen molar-refractivity contribution in [2.75, 3.05) is 6.54 Å². The van der Waals surface area contributed by atoms with Gasteiger partial charge in [-0.3, -0.25) is 4.31 Å². The van der Waals surface area contributed by atoms with E-state index in [-0.39, 0.29) is 0 Å². The van der Waals surface area contributed by atoms with Crippen molar-refractivity contribution in [3.05, 3.63) is 114 Å². The van der Waals surface area contributed by atoms with E-state index in [9.17, 15) is 8.42 Å². The maximum atomic E-state index is 13.4. The lowest BCUT2D eigenvalue weighted by atomic mass is 9.73. The Bertz CT molecular complexity index is 1050. The van der Waals surface area contributed by atoms with Gasteiger partial charge in [0.25, 0.3) is 10.0 Å². The number of allylic oxidation sites excluding steroid dienone is 1. The van der Waals surface area contributed by atoms with E-state index in [4.69, 9.17) is 0 Å². The molecule has 1 heterocycles. The van der Waals surface area contributed by atoms with Crippen LogP contribution in [-0.2, 0) is 15.4 Å². The predicted molar refractivity (Wildman–Crippen MR) is 112 cm³/mol. The molecule has 0 aliphatic carbocycles. The number of hydrogen-bond acceptors (Lipinski definition) is 2. The van der Waals surface area contributed by atoms with Gasteiger partial charge in [-0.1, -0.05) is 84.9 Å². The molecule has 4 heteroatoms. The van der Waals surface area contributed by atoms with Gasteiger partial charge in [-0.25, -0.2) is 8.42 Å². The van der Waals surface area contributed by atoms with Gasteiger partial charge in [-0.15, -0.1) is 0 Å². The highest BCUT2D eigenvalue weighted by Gasteiger charge is 2.47. The Morgan fingerprint density at radius 3 is 1.82 bits per heavy atom. The third kappa shape index (κ3) is 3.04. The molecule has 0 bridgehead atoms. The summed E-state index contributed by atoms with van der Waals surface area (Å²) in [4.78, 5) is 0.302. The zero-order chi connectivity index (χ0) is 19.8. The first-order valence-corrected chi connectivity index (χ1v) is 10.8. The van der Waals surface area contributed by atoms with Crippen molar-refractivity contribution < 1.29 is 8.42 Å². The van der Waals surface area contributed by atoms with Crippen molar-refractivity contribution in [2.24, 2.45) is 0 Å². The fraction of sp³-hybridized carbons (Fsp3) is 0.167. The standard InChI is InChI=1S/C24H23NO2S/c1-19-13-15-23(16-14-19)28(26,27)25-18-24(17-20(25)2,21-9-5-3-6-10-21)22-11-7-4-8-12-22/h3-16H,2,17-18H2,1H3. The fourth-order valence-electron chi connectivity index (χ4n) is 4.01. The maximum absolute atomic E-state index is 13.4. The van der Waals surface area contributed by atoms with E-state index in [0.29, 0.717) is 23.6 Å². The second kappa shape index (κ2) is 6.95. The van der Waals surface area contributed by atoms with E-state index >= 15 is 0 Å². The second-order valence-corrected chi connectivity index (χ2v) is 9.24. The highest BCUT2D eigenvalue weighted by Crippen LogP contribution is 2.46. The highest BCUT2D eigenvalue weighted by molar-refractivity contribution is 7.89. The van der Waals surface area contributed by atoms with Crippen molar-refractivity contribution >= 4 is 10.0 Å². The fourth-order valence-corrected chi connectivity index (χ4v) is 5.54. The van der Waals surface area contributed by atoms with E-state index in [0.717, 1.165) is 16.7 Å². The van der Waals surface area contributed by atoms with Crippen LogP contribution in [-0.4, -0.2) is 19.3 Å². The zero-order valence-corrected chi connectivity index (χ0v) is 16.7. The van der Waals surface area contributed by atoms with Crippen LogP contribution in [0.1, 0.15) is 23.1 Å². The molecule has 1 fully saturated rings. The minimum atomic E-state index is -3.66. The summed E-state index contributed by atoms with van der Waals surface area (Å²) < 4.78 is 28.2. The Kier molecular flexibility index (Phi) is 4.60. The number of nitrogens with zero attached hydrogens (tertiary/aromatic N) is 1. The summed E-state index contributed by atoms with van der Waals surface area (Å²) in [5.74, 6) is 0. The van der Waals surface area contributed by atoms with Crippen LogP contribution in [0, 0.1) is 6.92 Å². The molecule has 3 aromatic carbocycles. The summed E-state index contributed by atoms with van der Waals surface area (Å²) in [6.07, 6.45) is 0.562. The Morgan fingerprint density at radius 2 is 1.32 bits per heavy atom. The molecule has 0 radical (unpaired) electrons. The number of hydrogen-bond donors (Lipinski definition) is 0. The third-order valence-corrected chi connectivity index (χ3v) is 7.37. The number of aryl methyl sites for hydroxylation is 1. The predicted octanol–water partition coefficient (Wildman–Crippen LogP) is 4.89. The first-order chi connectivity index (χ1) is 13.4. The topological polar surface area (TPSA) is 37.4 Å². The second-order valence-electron chi connectivity index (χ2n) is 7.38. The molecule has 1 aliphatic rings. The molecule has 0 atom stereocenters. The molecule has 0 N–H and O–H groups in total. The Hall–Kier alpha value is -2.85. The molecule has 142 valence electrons. The summed E-state index contributed by atoms with van der Waals surface area (Å²) >= 11 is 0. The van der Waals surface area contributed by atoms with Crippen LogP contribution in [0.4, 0.5) is 0 Å². The van der Waals surface area contributed by atoms with Crippen LogP contribution >= 0.6 is 0 Å². The van der Waals surface area contributed by atoms with Crippen LogP contribution in [0.15, 0.2) is 102 Å². The number of sulfonamides is 1. The number of benzene rings is 3. The lowest BCUT2D eigenvalue weighted by Crippen LogP contribution is -2.35. The highest BCUT2D eigenvalue weighted by atomic mass is 32.2. The van der Waals surface area contributed by atoms with Crippen LogP contribution in [0.5, 0.6) is 0 Å². The first-order valence-electron chi connectivity index (χ1n) is 9.32. The molecular weight excluding hydrogens is 366 g/mol. The normalized spacial score (nSPS) is 16.3. The average molecular weight is 390 g/mol. The molecule has 0 unspecified atom stereocenters. The van der Waals surface area contributed by atoms with Crippen molar-refractivity contribution in [2.45, 2.75) is 23.7 Å². The molecule has 0 aromatic heterocycles. The minimum absolute atomic E-state index is 0.302. The minimum Gasteiger partial charge on any atom is -0.269 e. The zero-order valence-electron chi connectivity index (χ0n) is 15.9. The maximum Gasteiger partial charge on any atom is 0.264 e. The molecule has 0 saturated carbocycles. The van der Waals surface area contributed by atoms with E-state index in [1.165, 1.54) is 4.31 Å². The monoisotopic (exact) mass is 389 g/mol. The van der Waals surface area contributed by atoms with Gasteiger partial charge in [-0.05, 0) is 30.2 Å². The van der Waals surface area contributed by atoms with E-state index in [2.05, 4.69) is 30.8 Å². The smallest absolute Gasteiger partial charge is 0.264 e. The van der Waals surface area contributed by atoms with Gasteiger partial charge >= 0.3 is 0 Å². The Balaban J connectivity index is 1.82. The molecule has 1 saturated heterocycles. The van der Waals surface area contributed by atoms with Gasteiger partial charge in [0.15, 0.2) is 0 Å². The molecular formula is C24H23NO2S. The van der Waals surface area contributed by atoms with Crippen molar-refractivity contribution in [3.63, 3.8) is 0 Å². The van der Waals surface area contributed by atoms with Gasteiger partial charge in [0.1, 0.15) is 0 Å². The molecule has 1 aliphatic heterocycles.